The van der Waals surface area contributed by atoms with Crippen LogP contribution in [0, 0.1) is 6.92 Å². The lowest BCUT2D eigenvalue weighted by molar-refractivity contribution is 0.112. The third-order valence-electron chi connectivity index (χ3n) is 5.79. The summed E-state index contributed by atoms with van der Waals surface area (Å²) in [5.41, 5.74) is 5.35. The number of rotatable bonds is 6. The van der Waals surface area contributed by atoms with Crippen molar-refractivity contribution in [2.24, 2.45) is 0 Å². The Kier molecular flexibility index (Phi) is 8.08. The van der Waals surface area contributed by atoms with Crippen molar-refractivity contribution in [1.29, 1.82) is 0 Å². The van der Waals surface area contributed by atoms with Gasteiger partial charge in [0.1, 0.15) is 6.29 Å². The van der Waals surface area contributed by atoms with Gasteiger partial charge in [0.15, 0.2) is 9.84 Å². The molecule has 0 saturated carbocycles. The molecule has 0 aliphatic rings. The highest BCUT2D eigenvalue weighted by atomic mass is 32.2. The van der Waals surface area contributed by atoms with Crippen LogP contribution in [0.4, 0.5) is 17.3 Å². The Bertz CT molecular complexity index is 1700. The Balaban J connectivity index is 0.000000236. The Morgan fingerprint density at radius 3 is 2.50 bits per heavy atom. The maximum Gasteiger partial charge on any atom is 0.227 e. The first-order chi connectivity index (χ1) is 18.3. The molecule has 3 aromatic carbocycles. The van der Waals surface area contributed by atoms with Crippen LogP contribution in [-0.4, -0.2) is 43.0 Å². The summed E-state index contributed by atoms with van der Waals surface area (Å²) in [6.45, 7) is 2.06. The van der Waals surface area contributed by atoms with Gasteiger partial charge in [0.2, 0.25) is 5.95 Å². The molecule has 2 heterocycles. The van der Waals surface area contributed by atoms with E-state index in [1.54, 1.807) is 18.3 Å². The van der Waals surface area contributed by atoms with Crippen LogP contribution in [0.15, 0.2) is 96.3 Å². The van der Waals surface area contributed by atoms with Crippen molar-refractivity contribution in [3.63, 3.8) is 0 Å². The maximum atomic E-state index is 11.0. The Morgan fingerprint density at radius 2 is 1.74 bits per heavy atom. The van der Waals surface area contributed by atoms with E-state index in [-0.39, 0.29) is 4.90 Å². The minimum absolute atomic E-state index is 0.173. The average Bonchev–Trinajstić information content (AvgIpc) is 2.94. The second kappa shape index (κ2) is 11.6. The van der Waals surface area contributed by atoms with E-state index >= 15 is 0 Å². The molecular weight excluding hydrogens is 498 g/mol. The van der Waals surface area contributed by atoms with E-state index in [1.807, 2.05) is 49.8 Å². The molecule has 0 aliphatic carbocycles. The first-order valence-corrected chi connectivity index (χ1v) is 13.6. The minimum atomic E-state index is -3.19. The van der Waals surface area contributed by atoms with Crippen LogP contribution in [0.2, 0.25) is 0 Å². The molecule has 2 N–H and O–H groups in total. The van der Waals surface area contributed by atoms with Crippen LogP contribution >= 0.6 is 0 Å². The lowest BCUT2D eigenvalue weighted by Gasteiger charge is -2.11. The monoisotopic (exact) mass is 525 g/mol. The fraction of sp³-hybridized carbons (Fsp3) is 0.103. The van der Waals surface area contributed by atoms with Crippen molar-refractivity contribution >= 4 is 44.2 Å². The second-order valence-corrected chi connectivity index (χ2v) is 10.6. The number of aryl methyl sites for hydroxylation is 1. The number of aromatic nitrogens is 3. The van der Waals surface area contributed by atoms with E-state index in [0.717, 1.165) is 45.2 Å². The van der Waals surface area contributed by atoms with Gasteiger partial charge in [-0.15, -0.1) is 0 Å². The predicted molar refractivity (Wildman–Crippen MR) is 152 cm³/mol. The van der Waals surface area contributed by atoms with Gasteiger partial charge in [0.25, 0.3) is 0 Å². The van der Waals surface area contributed by atoms with E-state index in [4.69, 9.17) is 4.98 Å². The van der Waals surface area contributed by atoms with Crippen LogP contribution in [0.5, 0.6) is 0 Å². The van der Waals surface area contributed by atoms with Crippen molar-refractivity contribution in [2.75, 3.05) is 23.9 Å². The zero-order valence-electron chi connectivity index (χ0n) is 21.2. The molecule has 0 bridgehead atoms. The molecule has 5 aromatic rings. The van der Waals surface area contributed by atoms with Crippen molar-refractivity contribution in [3.05, 3.63) is 103 Å². The van der Waals surface area contributed by atoms with Gasteiger partial charge in [-0.1, -0.05) is 42.5 Å². The van der Waals surface area contributed by atoms with Gasteiger partial charge in [0, 0.05) is 59.8 Å². The smallest absolute Gasteiger partial charge is 0.227 e. The summed E-state index contributed by atoms with van der Waals surface area (Å²) in [4.78, 5) is 23.9. The largest absolute Gasteiger partial charge is 0.388 e. The molecule has 0 aliphatic heterocycles. The third kappa shape index (κ3) is 6.37. The number of anilines is 3. The minimum Gasteiger partial charge on any atom is -0.388 e. The van der Waals surface area contributed by atoms with E-state index in [2.05, 4.69) is 45.7 Å². The van der Waals surface area contributed by atoms with Gasteiger partial charge < -0.3 is 10.6 Å². The second-order valence-electron chi connectivity index (χ2n) is 8.54. The summed E-state index contributed by atoms with van der Waals surface area (Å²) in [5, 5.41) is 8.69. The lowest BCUT2D eigenvalue weighted by atomic mass is 10.1. The standard InChI is InChI=1S/C21H19N5.C8H8O3S/c1-14-7-8-16(22-2)11-20(14)26-21-24-10-9-19(25-21)18-13-23-12-15-5-3-4-6-17(15)18;1-12(10,11)8-4-2-3-7(5-8)6-9/h3-13,22H,1-2H3,(H,24,25,26);2-6H,1H3. The lowest BCUT2D eigenvalue weighted by Crippen LogP contribution is -2.00. The number of hydrogen-bond acceptors (Lipinski definition) is 8. The zero-order chi connectivity index (χ0) is 27.1. The predicted octanol–water partition coefficient (Wildman–Crippen LogP) is 5.69. The number of fused-ring (bicyclic) bond motifs is 1. The molecule has 2 aromatic heterocycles. The Labute approximate surface area is 221 Å². The van der Waals surface area contributed by atoms with Crippen molar-refractivity contribution < 1.29 is 13.2 Å². The fourth-order valence-corrected chi connectivity index (χ4v) is 4.42. The van der Waals surface area contributed by atoms with Gasteiger partial charge in [-0.05, 0) is 48.2 Å². The summed E-state index contributed by atoms with van der Waals surface area (Å²) in [5.74, 6) is 0.562. The third-order valence-corrected chi connectivity index (χ3v) is 6.91. The summed E-state index contributed by atoms with van der Waals surface area (Å²) >= 11 is 0. The van der Waals surface area contributed by atoms with Crippen LogP contribution in [0.1, 0.15) is 15.9 Å². The number of nitrogens with zero attached hydrogens (tertiary/aromatic N) is 3. The van der Waals surface area contributed by atoms with E-state index in [0.29, 0.717) is 17.8 Å². The zero-order valence-corrected chi connectivity index (χ0v) is 22.0. The molecule has 192 valence electrons. The van der Waals surface area contributed by atoms with E-state index in [9.17, 15) is 13.2 Å². The van der Waals surface area contributed by atoms with Crippen molar-refractivity contribution in [1.82, 2.24) is 15.0 Å². The number of carbonyl (C=O) groups is 1. The molecule has 0 spiro atoms. The van der Waals surface area contributed by atoms with Crippen LogP contribution < -0.4 is 10.6 Å². The summed E-state index contributed by atoms with van der Waals surface area (Å²) in [6.07, 6.45) is 7.21. The molecule has 0 unspecified atom stereocenters. The van der Waals surface area contributed by atoms with Gasteiger partial charge in [-0.25, -0.2) is 18.4 Å². The quantitative estimate of drug-likeness (QED) is 0.272. The number of nitrogens with one attached hydrogen (secondary N) is 2. The number of pyridine rings is 1. The molecule has 0 amide bonds. The highest BCUT2D eigenvalue weighted by Gasteiger charge is 2.09. The van der Waals surface area contributed by atoms with Gasteiger partial charge in [-0.2, -0.15) is 0 Å². The maximum absolute atomic E-state index is 11.0. The first kappa shape index (κ1) is 26.4. The number of carbonyl (C=O) groups excluding carboxylic acids is 1. The van der Waals surface area contributed by atoms with Crippen LogP contribution in [0.3, 0.4) is 0 Å². The topological polar surface area (TPSA) is 114 Å². The molecule has 5 rings (SSSR count). The highest BCUT2D eigenvalue weighted by molar-refractivity contribution is 7.90. The van der Waals surface area contributed by atoms with Crippen LogP contribution in [0.25, 0.3) is 22.0 Å². The molecule has 8 nitrogen and oxygen atoms in total. The molecule has 9 heteroatoms. The summed E-state index contributed by atoms with van der Waals surface area (Å²) < 4.78 is 22.0. The highest BCUT2D eigenvalue weighted by Crippen LogP contribution is 2.28. The summed E-state index contributed by atoms with van der Waals surface area (Å²) in [6, 6.07) is 22.1. The van der Waals surface area contributed by atoms with E-state index in [1.165, 1.54) is 12.1 Å². The molecule has 0 atom stereocenters. The molecule has 38 heavy (non-hydrogen) atoms. The number of hydrogen-bond donors (Lipinski definition) is 2. The van der Waals surface area contributed by atoms with E-state index < -0.39 is 9.84 Å². The first-order valence-electron chi connectivity index (χ1n) is 11.8. The molecule has 0 radical (unpaired) electrons. The molecular formula is C29H27N5O3S. The van der Waals surface area contributed by atoms with Crippen molar-refractivity contribution in [3.8, 4) is 11.3 Å². The fourth-order valence-electron chi connectivity index (χ4n) is 3.74. The van der Waals surface area contributed by atoms with Crippen LogP contribution in [-0.2, 0) is 9.84 Å². The number of aldehydes is 1. The average molecular weight is 526 g/mol. The van der Waals surface area contributed by atoms with Gasteiger partial charge in [-0.3, -0.25) is 9.78 Å². The number of sulfone groups is 1. The van der Waals surface area contributed by atoms with Crippen molar-refractivity contribution in [2.45, 2.75) is 11.8 Å². The SMILES string of the molecule is CNc1ccc(C)c(Nc2nccc(-c3cncc4ccccc34)n2)c1.CS(=O)(=O)c1cccc(C=O)c1. The normalized spacial score (nSPS) is 10.8. The number of benzene rings is 3. The Hall–Kier alpha value is -4.63. The van der Waals surface area contributed by atoms with Gasteiger partial charge in [0.05, 0.1) is 10.6 Å². The Morgan fingerprint density at radius 1 is 0.921 bits per heavy atom. The summed E-state index contributed by atoms with van der Waals surface area (Å²) in [7, 11) is -1.29. The molecule has 0 saturated heterocycles. The van der Waals surface area contributed by atoms with Gasteiger partial charge >= 0.3 is 0 Å². The molecule has 0 fully saturated rings.